The van der Waals surface area contributed by atoms with E-state index in [0.717, 1.165) is 0 Å². The molecule has 1 rings (SSSR count). The molecule has 0 radical (unpaired) electrons. The Balaban J connectivity index is 2.61. The summed E-state index contributed by atoms with van der Waals surface area (Å²) in [6, 6.07) is 0. The van der Waals surface area contributed by atoms with Crippen molar-refractivity contribution in [1.29, 1.82) is 0 Å². The maximum absolute atomic E-state index is 2.71. The maximum Gasteiger partial charge on any atom is 0.463 e. The Bertz CT molecular complexity index is 170. The smallest absolute Gasteiger partial charge is 0.369 e. The minimum atomic E-state index is -0.205. The zero-order valence-corrected chi connectivity index (χ0v) is 12.1. The molecule has 0 aliphatic carbocycles. The molecular weight excluding hydrogens is 187 g/mol. The van der Waals surface area contributed by atoms with Gasteiger partial charge in [0.15, 0.2) is 0 Å². The van der Waals surface area contributed by atoms with Crippen LogP contribution in [0.1, 0.15) is 48.0 Å². The molecule has 1 heterocycles. The highest BCUT2D eigenvalue weighted by atomic mass is 27.1. The lowest BCUT2D eigenvalue weighted by molar-refractivity contribution is 0.150. The SMILES string of the molecule is CC(C)(C)[N]1CCC[N](C(C)(C)C)[AlH]1. The van der Waals surface area contributed by atoms with Crippen LogP contribution in [0.25, 0.3) is 0 Å². The summed E-state index contributed by atoms with van der Waals surface area (Å²) in [6.45, 7) is 16.7. The third kappa shape index (κ3) is 3.24. The summed E-state index contributed by atoms with van der Waals surface area (Å²) < 4.78 is 5.42. The molecular formula is C11H25AlN2. The largest absolute Gasteiger partial charge is 0.463 e. The highest BCUT2D eigenvalue weighted by Crippen LogP contribution is 2.21. The lowest BCUT2D eigenvalue weighted by Gasteiger charge is -2.47. The Hall–Kier alpha value is 0.452. The van der Waals surface area contributed by atoms with Crippen molar-refractivity contribution in [2.24, 2.45) is 0 Å². The first-order valence-electron chi connectivity index (χ1n) is 5.71. The number of nitrogens with zero attached hydrogens (tertiary/aromatic N) is 2. The van der Waals surface area contributed by atoms with Gasteiger partial charge in [0, 0.05) is 0 Å². The Morgan fingerprint density at radius 2 is 1.14 bits per heavy atom. The van der Waals surface area contributed by atoms with Crippen molar-refractivity contribution in [2.75, 3.05) is 13.1 Å². The van der Waals surface area contributed by atoms with E-state index in [0.29, 0.717) is 11.1 Å². The highest BCUT2D eigenvalue weighted by molar-refractivity contribution is 6.29. The number of hydrogen-bond donors (Lipinski definition) is 0. The second-order valence-corrected chi connectivity index (χ2v) is 8.17. The van der Waals surface area contributed by atoms with E-state index in [9.17, 15) is 0 Å². The standard InChI is InChI=1S/C11H24N2.Al.H/c1-10(2,3)12-8-7-9-13-11(4,5)6;;/h7-9H2,1-6H3;;/q-2;+2;. The van der Waals surface area contributed by atoms with Gasteiger partial charge in [-0.25, -0.2) is 0 Å². The van der Waals surface area contributed by atoms with Gasteiger partial charge in [-0.2, -0.15) is 0 Å². The third-order valence-electron chi connectivity index (χ3n) is 3.09. The fourth-order valence-electron chi connectivity index (χ4n) is 1.90. The van der Waals surface area contributed by atoms with Gasteiger partial charge in [-0.05, 0) is 72.1 Å². The molecule has 2 nitrogen and oxygen atoms in total. The lowest BCUT2D eigenvalue weighted by atomic mass is 10.1. The van der Waals surface area contributed by atoms with Crippen LogP contribution in [0, 0.1) is 0 Å². The fraction of sp³-hybridized carbons (Fsp3) is 1.00. The topological polar surface area (TPSA) is 6.48 Å². The van der Waals surface area contributed by atoms with Crippen molar-refractivity contribution < 1.29 is 0 Å². The highest BCUT2D eigenvalue weighted by Gasteiger charge is 2.33. The van der Waals surface area contributed by atoms with E-state index >= 15 is 0 Å². The van der Waals surface area contributed by atoms with Crippen LogP contribution in [0.5, 0.6) is 0 Å². The monoisotopic (exact) mass is 212 g/mol. The van der Waals surface area contributed by atoms with Crippen LogP contribution in [0.2, 0.25) is 0 Å². The molecule has 0 unspecified atom stereocenters. The van der Waals surface area contributed by atoms with Crippen LogP contribution >= 0.6 is 0 Å². The normalized spacial score (nSPS) is 22.1. The van der Waals surface area contributed by atoms with E-state index < -0.39 is 0 Å². The van der Waals surface area contributed by atoms with Crippen LogP contribution < -0.4 is 0 Å². The van der Waals surface area contributed by atoms with Crippen molar-refractivity contribution >= 4 is 15.7 Å². The van der Waals surface area contributed by atoms with Crippen molar-refractivity contribution in [3.8, 4) is 0 Å². The van der Waals surface area contributed by atoms with Crippen LogP contribution in [0.15, 0.2) is 0 Å². The predicted octanol–water partition coefficient (Wildman–Crippen LogP) is 1.86. The van der Waals surface area contributed by atoms with Crippen LogP contribution in [-0.2, 0) is 0 Å². The average molecular weight is 212 g/mol. The summed E-state index contributed by atoms with van der Waals surface area (Å²) in [5.74, 6) is 0. The Morgan fingerprint density at radius 1 is 0.786 bits per heavy atom. The molecule has 1 fully saturated rings. The summed E-state index contributed by atoms with van der Waals surface area (Å²) in [4.78, 5) is 0. The first-order chi connectivity index (χ1) is 6.21. The molecule has 0 aromatic rings. The van der Waals surface area contributed by atoms with Gasteiger partial charge < -0.3 is 7.77 Å². The Kier molecular flexibility index (Phi) is 3.70. The second kappa shape index (κ2) is 4.14. The van der Waals surface area contributed by atoms with Gasteiger partial charge in [-0.1, -0.05) is 0 Å². The molecule has 1 aliphatic heterocycles. The van der Waals surface area contributed by atoms with Crippen molar-refractivity contribution in [3.05, 3.63) is 0 Å². The molecule has 0 aromatic heterocycles. The fourth-order valence-corrected chi connectivity index (χ4v) is 3.89. The third-order valence-corrected chi connectivity index (χ3v) is 6.31. The first-order valence-corrected chi connectivity index (χ1v) is 6.98. The summed E-state index contributed by atoms with van der Waals surface area (Å²) in [7, 11) is 0. The van der Waals surface area contributed by atoms with Crippen LogP contribution in [0.3, 0.4) is 0 Å². The molecule has 0 spiro atoms. The minimum absolute atomic E-state index is 0.205. The maximum atomic E-state index is 2.71. The molecule has 0 atom stereocenters. The summed E-state index contributed by atoms with van der Waals surface area (Å²) in [5, 5.41) is 0. The van der Waals surface area contributed by atoms with E-state index in [4.69, 9.17) is 0 Å². The van der Waals surface area contributed by atoms with Gasteiger partial charge >= 0.3 is 15.7 Å². The molecule has 0 amide bonds. The molecule has 3 heteroatoms. The average Bonchev–Trinajstić information content (AvgIpc) is 2.01. The minimum Gasteiger partial charge on any atom is -0.369 e. The van der Waals surface area contributed by atoms with E-state index in [1.165, 1.54) is 19.5 Å². The number of rotatable bonds is 0. The second-order valence-electron chi connectivity index (χ2n) is 6.36. The van der Waals surface area contributed by atoms with Crippen LogP contribution in [0.4, 0.5) is 0 Å². The molecule has 82 valence electrons. The van der Waals surface area contributed by atoms with E-state index in [1.54, 1.807) is 0 Å². The van der Waals surface area contributed by atoms with Gasteiger partial charge in [0.05, 0.1) is 0 Å². The zero-order valence-electron chi connectivity index (χ0n) is 10.7. The van der Waals surface area contributed by atoms with Crippen molar-refractivity contribution in [2.45, 2.75) is 59.0 Å². The van der Waals surface area contributed by atoms with E-state index in [2.05, 4.69) is 49.3 Å². The molecule has 14 heavy (non-hydrogen) atoms. The van der Waals surface area contributed by atoms with Gasteiger partial charge in [0.2, 0.25) is 0 Å². The summed E-state index contributed by atoms with van der Waals surface area (Å²) in [5.41, 5.74) is 0.742. The van der Waals surface area contributed by atoms with Gasteiger partial charge in [0.25, 0.3) is 0 Å². The van der Waals surface area contributed by atoms with Crippen LogP contribution in [-0.4, -0.2) is 47.6 Å². The molecule has 0 aromatic carbocycles. The predicted molar refractivity (Wildman–Crippen MR) is 64.7 cm³/mol. The molecule has 0 saturated carbocycles. The van der Waals surface area contributed by atoms with Gasteiger partial charge in [0.1, 0.15) is 0 Å². The quantitative estimate of drug-likeness (QED) is 0.565. The first kappa shape index (κ1) is 12.5. The Labute approximate surface area is 95.8 Å². The summed E-state index contributed by atoms with van der Waals surface area (Å²) >= 11 is -0.205. The van der Waals surface area contributed by atoms with Crippen molar-refractivity contribution in [3.63, 3.8) is 0 Å². The van der Waals surface area contributed by atoms with E-state index in [-0.39, 0.29) is 15.7 Å². The Morgan fingerprint density at radius 3 is 1.43 bits per heavy atom. The lowest BCUT2D eigenvalue weighted by Crippen LogP contribution is -2.59. The number of hydrogen-bond acceptors (Lipinski definition) is 2. The molecule has 0 N–H and O–H groups in total. The van der Waals surface area contributed by atoms with Gasteiger partial charge in [-0.15, -0.1) is 0 Å². The molecule has 1 aliphatic rings. The van der Waals surface area contributed by atoms with E-state index in [1.807, 2.05) is 0 Å². The van der Waals surface area contributed by atoms with Crippen molar-refractivity contribution in [1.82, 2.24) is 7.77 Å². The van der Waals surface area contributed by atoms with Gasteiger partial charge in [-0.3, -0.25) is 0 Å². The molecule has 0 bridgehead atoms. The zero-order chi connectivity index (χ0) is 11.0. The molecule has 1 saturated heterocycles. The summed E-state index contributed by atoms with van der Waals surface area (Å²) in [6.07, 6.45) is 1.33.